The molecule has 0 bridgehead atoms. The molecule has 1 N–H and O–H groups in total. The molecule has 29 heavy (non-hydrogen) atoms. The Balaban J connectivity index is 1.88. The number of para-hydroxylation sites is 1. The van der Waals surface area contributed by atoms with Crippen LogP contribution in [-0.2, 0) is 11.2 Å². The third-order valence-corrected chi connectivity index (χ3v) is 6.23. The quantitative estimate of drug-likeness (QED) is 0.738. The van der Waals surface area contributed by atoms with Crippen LogP contribution in [0.3, 0.4) is 0 Å². The van der Waals surface area contributed by atoms with E-state index in [1.54, 1.807) is 14.2 Å². The van der Waals surface area contributed by atoms with Gasteiger partial charge in [0.2, 0.25) is 0 Å². The number of fused-ring (bicyclic) bond motifs is 1. The third-order valence-electron chi connectivity index (χ3n) is 6.23. The molecule has 5 nitrogen and oxygen atoms in total. The Morgan fingerprint density at radius 3 is 2.52 bits per heavy atom. The summed E-state index contributed by atoms with van der Waals surface area (Å²) in [6, 6.07) is 14.3. The van der Waals surface area contributed by atoms with Gasteiger partial charge in [-0.2, -0.15) is 0 Å². The zero-order valence-electron chi connectivity index (χ0n) is 16.9. The zero-order valence-corrected chi connectivity index (χ0v) is 16.9. The number of alkyl carbamates (subject to hydrolysis) is 1. The van der Waals surface area contributed by atoms with Gasteiger partial charge in [-0.15, -0.1) is 6.58 Å². The van der Waals surface area contributed by atoms with E-state index >= 15 is 0 Å². The maximum atomic E-state index is 11.8. The highest BCUT2D eigenvalue weighted by atomic mass is 16.6. The Morgan fingerprint density at radius 1 is 1.10 bits per heavy atom. The normalized spacial score (nSPS) is 25.5. The molecule has 1 aliphatic carbocycles. The number of methoxy groups -OCH3 is 2. The molecule has 2 aromatic carbocycles. The van der Waals surface area contributed by atoms with Gasteiger partial charge in [0, 0.05) is 5.92 Å². The van der Waals surface area contributed by atoms with Crippen molar-refractivity contribution in [1.82, 2.24) is 5.32 Å². The molecule has 0 radical (unpaired) electrons. The first-order chi connectivity index (χ1) is 14.2. The number of carbonyl (C=O) groups is 1. The number of nitrogens with one attached hydrogen (secondary N) is 1. The fourth-order valence-electron chi connectivity index (χ4n) is 5.05. The van der Waals surface area contributed by atoms with E-state index in [-0.39, 0.29) is 30.0 Å². The minimum atomic E-state index is -0.351. The van der Waals surface area contributed by atoms with Crippen molar-refractivity contribution in [3.8, 4) is 11.5 Å². The summed E-state index contributed by atoms with van der Waals surface area (Å²) in [5.41, 5.74) is 3.55. The van der Waals surface area contributed by atoms with Gasteiger partial charge < -0.3 is 19.5 Å². The molecule has 2 aliphatic rings. The van der Waals surface area contributed by atoms with Crippen molar-refractivity contribution in [3.63, 3.8) is 0 Å². The lowest BCUT2D eigenvalue weighted by atomic mass is 9.63. The molecule has 0 aromatic heterocycles. The lowest BCUT2D eigenvalue weighted by Gasteiger charge is -2.42. The molecule has 1 aliphatic heterocycles. The van der Waals surface area contributed by atoms with Crippen molar-refractivity contribution < 1.29 is 19.0 Å². The summed E-state index contributed by atoms with van der Waals surface area (Å²) in [6.45, 7) is 4.52. The van der Waals surface area contributed by atoms with E-state index in [0.29, 0.717) is 6.54 Å². The van der Waals surface area contributed by atoms with Crippen LogP contribution >= 0.6 is 0 Å². The van der Waals surface area contributed by atoms with Gasteiger partial charge in [0.05, 0.1) is 20.8 Å². The second-order valence-corrected chi connectivity index (χ2v) is 7.62. The molecule has 1 heterocycles. The lowest BCUT2D eigenvalue weighted by Crippen LogP contribution is -2.37. The monoisotopic (exact) mass is 393 g/mol. The molecule has 1 fully saturated rings. The van der Waals surface area contributed by atoms with Crippen molar-refractivity contribution in [2.75, 3.05) is 20.8 Å². The first-order valence-electron chi connectivity index (χ1n) is 10.0. The van der Waals surface area contributed by atoms with Gasteiger partial charge in [-0.1, -0.05) is 36.4 Å². The number of amides is 1. The first-order valence-corrected chi connectivity index (χ1v) is 10.0. The summed E-state index contributed by atoms with van der Waals surface area (Å²) in [5, 5.41) is 2.82. The number of carbonyl (C=O) groups excluding carboxylic acids is 1. The van der Waals surface area contributed by atoms with Gasteiger partial charge in [-0.3, -0.25) is 0 Å². The number of ether oxygens (including phenoxy) is 3. The van der Waals surface area contributed by atoms with Gasteiger partial charge >= 0.3 is 6.09 Å². The first kappa shape index (κ1) is 19.4. The molecule has 4 rings (SSSR count). The van der Waals surface area contributed by atoms with Crippen LogP contribution in [0.25, 0.3) is 0 Å². The van der Waals surface area contributed by atoms with Crippen molar-refractivity contribution in [3.05, 3.63) is 71.8 Å². The molecule has 0 saturated carbocycles. The molecule has 5 heteroatoms. The number of cyclic esters (lactones) is 1. The minimum absolute atomic E-state index is 0.0423. The van der Waals surface area contributed by atoms with Crippen LogP contribution in [0.1, 0.15) is 34.9 Å². The second kappa shape index (κ2) is 8.19. The molecule has 1 amide bonds. The van der Waals surface area contributed by atoms with Crippen LogP contribution in [0.15, 0.2) is 55.1 Å². The Hall–Kier alpha value is -2.95. The van der Waals surface area contributed by atoms with E-state index in [2.05, 4.69) is 24.0 Å². The fraction of sp³-hybridized carbons (Fsp3) is 0.375. The van der Waals surface area contributed by atoms with E-state index in [9.17, 15) is 4.79 Å². The summed E-state index contributed by atoms with van der Waals surface area (Å²) >= 11 is 0. The number of hydrogen-bond acceptors (Lipinski definition) is 4. The van der Waals surface area contributed by atoms with Crippen molar-refractivity contribution in [2.24, 2.45) is 5.92 Å². The minimum Gasteiger partial charge on any atom is -0.496 e. The Labute approximate surface area is 171 Å². The summed E-state index contributed by atoms with van der Waals surface area (Å²) in [7, 11) is 3.41. The topological polar surface area (TPSA) is 56.8 Å². The summed E-state index contributed by atoms with van der Waals surface area (Å²) in [4.78, 5) is 11.8. The van der Waals surface area contributed by atoms with Crippen LogP contribution in [-0.4, -0.2) is 33.0 Å². The third kappa shape index (κ3) is 3.46. The molecule has 4 atom stereocenters. The average Bonchev–Trinajstić information content (AvgIpc) is 3.18. The van der Waals surface area contributed by atoms with E-state index in [1.165, 1.54) is 16.7 Å². The average molecular weight is 393 g/mol. The highest BCUT2D eigenvalue weighted by Crippen LogP contribution is 2.52. The molecule has 0 spiro atoms. The van der Waals surface area contributed by atoms with Gasteiger partial charge in [0.1, 0.15) is 17.6 Å². The fourth-order valence-corrected chi connectivity index (χ4v) is 5.05. The van der Waals surface area contributed by atoms with E-state index in [1.807, 2.05) is 36.4 Å². The van der Waals surface area contributed by atoms with Gasteiger partial charge in [0.15, 0.2) is 0 Å². The van der Waals surface area contributed by atoms with Crippen LogP contribution in [0.5, 0.6) is 11.5 Å². The smallest absolute Gasteiger partial charge is 0.407 e. The van der Waals surface area contributed by atoms with Crippen molar-refractivity contribution >= 4 is 6.09 Å². The highest BCUT2D eigenvalue weighted by molar-refractivity contribution is 5.69. The predicted molar refractivity (Wildman–Crippen MR) is 112 cm³/mol. The number of benzene rings is 2. The number of hydrogen-bond donors (Lipinski definition) is 1. The molecule has 1 saturated heterocycles. The largest absolute Gasteiger partial charge is 0.496 e. The van der Waals surface area contributed by atoms with Gasteiger partial charge in [-0.05, 0) is 53.5 Å². The Morgan fingerprint density at radius 2 is 1.83 bits per heavy atom. The van der Waals surface area contributed by atoms with E-state index in [0.717, 1.165) is 24.3 Å². The standard InChI is InChI=1S/C24H27NO4/c1-4-8-16-18(15-9-5-6-11-20(15)27-2)13-19-17(10-7-12-21(19)28-3)23(16)22-14-25-24(26)29-22/h4-7,9-12,16,18,22-23H,1,8,13-14H2,2-3H3,(H,25,26). The van der Waals surface area contributed by atoms with Crippen molar-refractivity contribution in [1.29, 1.82) is 0 Å². The highest BCUT2D eigenvalue weighted by Gasteiger charge is 2.45. The van der Waals surface area contributed by atoms with Crippen LogP contribution in [0.2, 0.25) is 0 Å². The van der Waals surface area contributed by atoms with Crippen LogP contribution in [0, 0.1) is 5.92 Å². The van der Waals surface area contributed by atoms with Crippen LogP contribution in [0.4, 0.5) is 4.79 Å². The molecule has 2 aromatic rings. The predicted octanol–water partition coefficient (Wildman–Crippen LogP) is 4.43. The molecular weight excluding hydrogens is 366 g/mol. The van der Waals surface area contributed by atoms with E-state index in [4.69, 9.17) is 14.2 Å². The van der Waals surface area contributed by atoms with E-state index < -0.39 is 0 Å². The molecule has 152 valence electrons. The molecular formula is C24H27NO4. The second-order valence-electron chi connectivity index (χ2n) is 7.62. The molecule has 4 unspecified atom stereocenters. The van der Waals surface area contributed by atoms with Crippen molar-refractivity contribution in [2.45, 2.75) is 30.8 Å². The Kier molecular flexibility index (Phi) is 5.47. The zero-order chi connectivity index (χ0) is 20.4. The lowest BCUT2D eigenvalue weighted by molar-refractivity contribution is 0.0987. The van der Waals surface area contributed by atoms with Crippen LogP contribution < -0.4 is 14.8 Å². The van der Waals surface area contributed by atoms with Gasteiger partial charge in [-0.25, -0.2) is 4.79 Å². The maximum absolute atomic E-state index is 11.8. The summed E-state index contributed by atoms with van der Waals surface area (Å²) in [5.74, 6) is 2.21. The SMILES string of the molecule is C=CCC1C(c2ccccc2OC)Cc2c(OC)cccc2C1C1CNC(=O)O1. The van der Waals surface area contributed by atoms with Gasteiger partial charge in [0.25, 0.3) is 0 Å². The summed E-state index contributed by atoms with van der Waals surface area (Å²) in [6.07, 6.45) is 3.04. The number of rotatable bonds is 6. The maximum Gasteiger partial charge on any atom is 0.407 e. The number of allylic oxidation sites excluding steroid dienone is 1. The Bertz CT molecular complexity index is 910. The summed E-state index contributed by atoms with van der Waals surface area (Å²) < 4.78 is 17.1.